The number of esters is 1. The van der Waals surface area contributed by atoms with Gasteiger partial charge < -0.3 is 9.47 Å². The fourth-order valence-electron chi connectivity index (χ4n) is 4.34. The zero-order valence-electron chi connectivity index (χ0n) is 17.7. The molecular formula is C26H25F3O3. The first kappa shape index (κ1) is 22.3. The van der Waals surface area contributed by atoms with Crippen LogP contribution in [-0.4, -0.2) is 11.6 Å². The molecule has 0 N–H and O–H groups in total. The van der Waals surface area contributed by atoms with E-state index in [0.717, 1.165) is 56.7 Å². The molecule has 0 bridgehead atoms. The van der Waals surface area contributed by atoms with Crippen LogP contribution in [-0.2, 0) is 6.18 Å². The Bertz CT molecular complexity index is 1010. The van der Waals surface area contributed by atoms with Gasteiger partial charge in [0.1, 0.15) is 11.5 Å². The molecule has 0 atom stereocenters. The highest BCUT2D eigenvalue weighted by Gasteiger charge is 2.40. The molecule has 2 aliphatic carbocycles. The third kappa shape index (κ3) is 5.27. The van der Waals surface area contributed by atoms with Crippen molar-refractivity contribution < 1.29 is 27.4 Å². The Kier molecular flexibility index (Phi) is 6.45. The van der Waals surface area contributed by atoms with E-state index in [1.165, 1.54) is 0 Å². The number of benzene rings is 2. The molecule has 2 fully saturated rings. The number of hydrogen-bond acceptors (Lipinski definition) is 3. The average molecular weight is 442 g/mol. The van der Waals surface area contributed by atoms with Crippen molar-refractivity contribution >= 4 is 5.97 Å². The maximum Gasteiger partial charge on any atom is 0.419 e. The van der Waals surface area contributed by atoms with E-state index in [1.807, 2.05) is 0 Å². The molecule has 6 heteroatoms. The molecule has 0 saturated heterocycles. The maximum atomic E-state index is 13.7. The summed E-state index contributed by atoms with van der Waals surface area (Å²) in [6, 6.07) is 11.5. The summed E-state index contributed by atoms with van der Waals surface area (Å²) in [7, 11) is 0. The summed E-state index contributed by atoms with van der Waals surface area (Å²) in [5.41, 5.74) is -1.87. The van der Waals surface area contributed by atoms with E-state index in [0.29, 0.717) is 18.6 Å². The number of carbonyl (C=O) groups excluding carboxylic acids is 1. The highest BCUT2D eigenvalue weighted by Crippen LogP contribution is 2.41. The Hall–Kier alpha value is -2.94. The van der Waals surface area contributed by atoms with Crippen LogP contribution in [0.1, 0.15) is 67.3 Å². The molecule has 0 aromatic heterocycles. The Morgan fingerprint density at radius 3 is 2.31 bits per heavy atom. The molecule has 0 amide bonds. The number of ether oxygens (including phenoxy) is 2. The number of carbonyl (C=O) groups is 1. The van der Waals surface area contributed by atoms with Gasteiger partial charge in [-0.05, 0) is 68.9 Å². The van der Waals surface area contributed by atoms with E-state index in [9.17, 15) is 18.0 Å². The van der Waals surface area contributed by atoms with Crippen molar-refractivity contribution in [2.45, 2.75) is 63.1 Å². The standard InChI is InChI=1S/C26H25F3O3/c27-26(28,29)22-13-12-20(24(30)31-21-10-2-1-3-11-21)18-23(22)32-25(15-6-7-16-25)17-14-19-8-4-5-9-19/h1-3,10-13,18-19H,4-9,15-16H2. The Labute approximate surface area is 185 Å². The van der Waals surface area contributed by atoms with Crippen LogP contribution in [0.25, 0.3) is 0 Å². The van der Waals surface area contributed by atoms with Crippen molar-refractivity contribution in [2.24, 2.45) is 5.92 Å². The zero-order valence-corrected chi connectivity index (χ0v) is 17.7. The lowest BCUT2D eigenvalue weighted by Crippen LogP contribution is -2.32. The van der Waals surface area contributed by atoms with E-state index < -0.39 is 23.3 Å². The molecule has 2 aliphatic rings. The number of halogens is 3. The quantitative estimate of drug-likeness (QED) is 0.296. The zero-order chi connectivity index (χ0) is 22.6. The Balaban J connectivity index is 1.64. The van der Waals surface area contributed by atoms with Gasteiger partial charge in [0.05, 0.1) is 11.1 Å². The number of rotatable bonds is 4. The topological polar surface area (TPSA) is 35.5 Å². The first-order chi connectivity index (χ1) is 15.3. The van der Waals surface area contributed by atoms with Gasteiger partial charge in [-0.25, -0.2) is 4.79 Å². The molecular weight excluding hydrogens is 417 g/mol. The van der Waals surface area contributed by atoms with Gasteiger partial charge in [-0.15, -0.1) is 0 Å². The van der Waals surface area contributed by atoms with E-state index in [2.05, 4.69) is 11.8 Å². The molecule has 2 saturated carbocycles. The monoisotopic (exact) mass is 442 g/mol. The molecule has 168 valence electrons. The minimum Gasteiger partial charge on any atom is -0.474 e. The van der Waals surface area contributed by atoms with Crippen molar-refractivity contribution in [3.05, 3.63) is 59.7 Å². The molecule has 0 radical (unpaired) electrons. The van der Waals surface area contributed by atoms with Crippen molar-refractivity contribution in [3.63, 3.8) is 0 Å². The van der Waals surface area contributed by atoms with E-state index in [4.69, 9.17) is 9.47 Å². The smallest absolute Gasteiger partial charge is 0.419 e. The highest BCUT2D eigenvalue weighted by atomic mass is 19.4. The average Bonchev–Trinajstić information content (AvgIpc) is 3.45. The van der Waals surface area contributed by atoms with Crippen LogP contribution in [0.5, 0.6) is 11.5 Å². The largest absolute Gasteiger partial charge is 0.474 e. The molecule has 2 aromatic rings. The summed E-state index contributed by atoms with van der Waals surface area (Å²) in [5.74, 6) is 5.94. The summed E-state index contributed by atoms with van der Waals surface area (Å²) in [5, 5.41) is 0. The van der Waals surface area contributed by atoms with Crippen molar-refractivity contribution in [2.75, 3.05) is 0 Å². The third-order valence-corrected chi connectivity index (χ3v) is 6.05. The number of alkyl halides is 3. The lowest BCUT2D eigenvalue weighted by atomic mass is 9.99. The lowest BCUT2D eigenvalue weighted by molar-refractivity contribution is -0.139. The van der Waals surface area contributed by atoms with Crippen molar-refractivity contribution in [1.82, 2.24) is 0 Å². The van der Waals surface area contributed by atoms with Crippen LogP contribution in [0.4, 0.5) is 13.2 Å². The van der Waals surface area contributed by atoms with Crippen LogP contribution in [0.3, 0.4) is 0 Å². The summed E-state index contributed by atoms with van der Waals surface area (Å²) in [4.78, 5) is 12.6. The first-order valence-corrected chi connectivity index (χ1v) is 11.0. The third-order valence-electron chi connectivity index (χ3n) is 6.05. The lowest BCUT2D eigenvalue weighted by Gasteiger charge is -2.27. The highest BCUT2D eigenvalue weighted by molar-refractivity contribution is 5.91. The number of hydrogen-bond donors (Lipinski definition) is 0. The van der Waals surface area contributed by atoms with Crippen LogP contribution in [0.2, 0.25) is 0 Å². The summed E-state index contributed by atoms with van der Waals surface area (Å²) >= 11 is 0. The van der Waals surface area contributed by atoms with Crippen LogP contribution < -0.4 is 9.47 Å². The van der Waals surface area contributed by atoms with Gasteiger partial charge in [0.2, 0.25) is 0 Å². The number of para-hydroxylation sites is 1. The SMILES string of the molecule is O=C(Oc1ccccc1)c1ccc(C(F)(F)F)c(OC2(C#CC3CCCC3)CCCC2)c1. The van der Waals surface area contributed by atoms with Crippen LogP contribution in [0.15, 0.2) is 48.5 Å². The molecule has 4 rings (SSSR count). The molecule has 0 unspecified atom stereocenters. The van der Waals surface area contributed by atoms with E-state index in [-0.39, 0.29) is 17.2 Å². The minimum atomic E-state index is -4.62. The Morgan fingerprint density at radius 2 is 1.66 bits per heavy atom. The predicted octanol–water partition coefficient (Wildman–Crippen LogP) is 6.81. The molecule has 0 spiro atoms. The van der Waals surface area contributed by atoms with Gasteiger partial charge in [0, 0.05) is 5.92 Å². The molecule has 0 heterocycles. The fourth-order valence-corrected chi connectivity index (χ4v) is 4.34. The van der Waals surface area contributed by atoms with Gasteiger partial charge in [0.15, 0.2) is 5.60 Å². The second-order valence-corrected chi connectivity index (χ2v) is 8.47. The summed E-state index contributed by atoms with van der Waals surface area (Å²) in [6.45, 7) is 0. The van der Waals surface area contributed by atoms with Gasteiger partial charge in [0.25, 0.3) is 0 Å². The fraction of sp³-hybridized carbons (Fsp3) is 0.423. The summed E-state index contributed by atoms with van der Waals surface area (Å²) in [6.07, 6.45) is 2.54. The molecule has 2 aromatic carbocycles. The molecule has 3 nitrogen and oxygen atoms in total. The molecule has 0 aliphatic heterocycles. The minimum absolute atomic E-state index is 0.00579. The normalized spacial score (nSPS) is 18.1. The predicted molar refractivity (Wildman–Crippen MR) is 114 cm³/mol. The van der Waals surface area contributed by atoms with Crippen molar-refractivity contribution in [3.8, 4) is 23.3 Å². The van der Waals surface area contributed by atoms with Crippen LogP contribution in [0, 0.1) is 17.8 Å². The van der Waals surface area contributed by atoms with Gasteiger partial charge >= 0.3 is 12.1 Å². The van der Waals surface area contributed by atoms with Crippen molar-refractivity contribution in [1.29, 1.82) is 0 Å². The van der Waals surface area contributed by atoms with Crippen LogP contribution >= 0.6 is 0 Å². The van der Waals surface area contributed by atoms with Gasteiger partial charge in [-0.1, -0.05) is 42.9 Å². The van der Waals surface area contributed by atoms with E-state index in [1.54, 1.807) is 30.3 Å². The summed E-state index contributed by atoms with van der Waals surface area (Å²) < 4.78 is 52.5. The molecule has 32 heavy (non-hydrogen) atoms. The second kappa shape index (κ2) is 9.28. The van der Waals surface area contributed by atoms with Gasteiger partial charge in [-0.3, -0.25) is 0 Å². The Morgan fingerprint density at radius 1 is 0.969 bits per heavy atom. The first-order valence-electron chi connectivity index (χ1n) is 11.0. The second-order valence-electron chi connectivity index (χ2n) is 8.47. The maximum absolute atomic E-state index is 13.7. The van der Waals surface area contributed by atoms with Gasteiger partial charge in [-0.2, -0.15) is 13.2 Å². The van der Waals surface area contributed by atoms with E-state index >= 15 is 0 Å².